The van der Waals surface area contributed by atoms with Crippen LogP contribution >= 0.6 is 0 Å². The Morgan fingerprint density at radius 1 is 1.11 bits per heavy atom. The van der Waals surface area contributed by atoms with Gasteiger partial charge in [0.15, 0.2) is 6.10 Å². The Kier molecular flexibility index (Phi) is 6.82. The van der Waals surface area contributed by atoms with Crippen molar-refractivity contribution in [3.63, 3.8) is 0 Å². The Labute approximate surface area is 204 Å². The van der Waals surface area contributed by atoms with Gasteiger partial charge >= 0.3 is 0 Å². The maximum Gasteiger partial charge on any atom is 0.265 e. The zero-order chi connectivity index (χ0) is 25.3. The third-order valence-corrected chi connectivity index (χ3v) is 8.06. The van der Waals surface area contributed by atoms with Gasteiger partial charge in [0.1, 0.15) is 5.75 Å². The molecular formula is C24H28N4O6S. The van der Waals surface area contributed by atoms with Gasteiger partial charge in [-0.15, -0.1) is 0 Å². The normalized spacial score (nSPS) is 20.3. The first-order valence-corrected chi connectivity index (χ1v) is 12.8. The summed E-state index contributed by atoms with van der Waals surface area (Å²) in [5, 5.41) is 8.21. The van der Waals surface area contributed by atoms with Gasteiger partial charge in [-0.2, -0.15) is 4.31 Å². The van der Waals surface area contributed by atoms with Crippen LogP contribution in [0.2, 0.25) is 0 Å². The van der Waals surface area contributed by atoms with Gasteiger partial charge in [0.25, 0.3) is 5.91 Å². The summed E-state index contributed by atoms with van der Waals surface area (Å²) in [5.74, 6) is -0.955. The van der Waals surface area contributed by atoms with Crippen molar-refractivity contribution in [2.24, 2.45) is 5.92 Å². The molecule has 0 radical (unpaired) electrons. The lowest BCUT2D eigenvalue weighted by molar-refractivity contribution is -0.123. The molecular weight excluding hydrogens is 472 g/mol. The highest BCUT2D eigenvalue weighted by Crippen LogP contribution is 2.36. The van der Waals surface area contributed by atoms with Crippen LogP contribution in [0.15, 0.2) is 41.3 Å². The third-order valence-electron chi connectivity index (χ3n) is 6.05. The lowest BCUT2D eigenvalue weighted by Gasteiger charge is -2.32. The average molecular weight is 501 g/mol. The number of piperidine rings is 1. The summed E-state index contributed by atoms with van der Waals surface area (Å²) < 4.78 is 33.9. The van der Waals surface area contributed by atoms with Crippen molar-refractivity contribution < 1.29 is 27.5 Å². The average Bonchev–Trinajstić information content (AvgIpc) is 2.81. The SMILES string of the molecule is CC(=O)Nc1ccc(NC(=O)C2CCCN(S(=O)(=O)c3cc4c(cc3C)NC(=O)C(C)O4)C2)cc1. The Balaban J connectivity index is 1.48. The second-order valence-corrected chi connectivity index (χ2v) is 10.7. The zero-order valence-corrected chi connectivity index (χ0v) is 20.6. The molecule has 0 bridgehead atoms. The van der Waals surface area contributed by atoms with Gasteiger partial charge in [-0.05, 0) is 62.6 Å². The number of hydrogen-bond donors (Lipinski definition) is 3. The van der Waals surface area contributed by atoms with E-state index < -0.39 is 22.0 Å². The van der Waals surface area contributed by atoms with Crippen LogP contribution in [0.1, 0.15) is 32.3 Å². The predicted molar refractivity (Wildman–Crippen MR) is 131 cm³/mol. The van der Waals surface area contributed by atoms with Gasteiger partial charge < -0.3 is 20.7 Å². The van der Waals surface area contributed by atoms with E-state index in [1.165, 1.54) is 17.3 Å². The molecule has 3 N–H and O–H groups in total. The molecule has 186 valence electrons. The van der Waals surface area contributed by atoms with Crippen molar-refractivity contribution in [2.45, 2.75) is 44.6 Å². The summed E-state index contributed by atoms with van der Waals surface area (Å²) >= 11 is 0. The molecule has 2 atom stereocenters. The second kappa shape index (κ2) is 9.67. The summed E-state index contributed by atoms with van der Waals surface area (Å²) in [4.78, 5) is 36.0. The molecule has 0 aliphatic carbocycles. The Hall–Kier alpha value is -3.44. The van der Waals surface area contributed by atoms with Crippen LogP contribution in [0, 0.1) is 12.8 Å². The maximum atomic E-state index is 13.5. The number of nitrogens with zero attached hydrogens (tertiary/aromatic N) is 1. The number of sulfonamides is 1. The molecule has 3 amide bonds. The topological polar surface area (TPSA) is 134 Å². The van der Waals surface area contributed by atoms with Gasteiger partial charge in [0.05, 0.1) is 16.5 Å². The van der Waals surface area contributed by atoms with Crippen LogP contribution < -0.4 is 20.7 Å². The highest BCUT2D eigenvalue weighted by atomic mass is 32.2. The van der Waals surface area contributed by atoms with Crippen LogP contribution in [0.25, 0.3) is 0 Å². The molecule has 2 aliphatic heterocycles. The Morgan fingerprint density at radius 3 is 2.43 bits per heavy atom. The zero-order valence-electron chi connectivity index (χ0n) is 19.8. The van der Waals surface area contributed by atoms with Gasteiger partial charge in [-0.3, -0.25) is 14.4 Å². The minimum absolute atomic E-state index is 0.0582. The number of nitrogens with one attached hydrogen (secondary N) is 3. The molecule has 10 nitrogen and oxygen atoms in total. The molecule has 2 aliphatic rings. The van der Waals surface area contributed by atoms with Gasteiger partial charge in [-0.25, -0.2) is 8.42 Å². The number of rotatable bonds is 5. The fraction of sp³-hybridized carbons (Fsp3) is 0.375. The summed E-state index contributed by atoms with van der Waals surface area (Å²) in [6, 6.07) is 9.74. The molecule has 0 saturated carbocycles. The van der Waals surface area contributed by atoms with Crippen LogP contribution in [-0.4, -0.2) is 49.6 Å². The highest BCUT2D eigenvalue weighted by Gasteiger charge is 2.35. The molecule has 2 aromatic carbocycles. The lowest BCUT2D eigenvalue weighted by Crippen LogP contribution is -2.44. The predicted octanol–water partition coefficient (Wildman–Crippen LogP) is 2.71. The van der Waals surface area contributed by atoms with Crippen LogP contribution in [0.3, 0.4) is 0 Å². The highest BCUT2D eigenvalue weighted by molar-refractivity contribution is 7.89. The number of fused-ring (bicyclic) bond motifs is 1. The fourth-order valence-electron chi connectivity index (χ4n) is 4.22. The fourth-order valence-corrected chi connectivity index (χ4v) is 5.96. The van der Waals surface area contributed by atoms with E-state index in [1.807, 2.05) is 0 Å². The number of aryl methyl sites for hydroxylation is 1. The van der Waals surface area contributed by atoms with Crippen molar-refractivity contribution in [1.29, 1.82) is 0 Å². The lowest BCUT2D eigenvalue weighted by atomic mass is 9.98. The smallest absolute Gasteiger partial charge is 0.265 e. The first-order valence-electron chi connectivity index (χ1n) is 11.4. The van der Waals surface area contributed by atoms with Crippen molar-refractivity contribution >= 4 is 44.8 Å². The van der Waals surface area contributed by atoms with E-state index in [0.717, 1.165) is 0 Å². The number of hydrogen-bond acceptors (Lipinski definition) is 6. The minimum Gasteiger partial charge on any atom is -0.479 e. The van der Waals surface area contributed by atoms with Gasteiger partial charge in [-0.1, -0.05) is 0 Å². The Bertz CT molecular complexity index is 1280. The molecule has 4 rings (SSSR count). The van der Waals surface area contributed by atoms with Crippen molar-refractivity contribution in [3.05, 3.63) is 42.0 Å². The molecule has 0 aromatic heterocycles. The first-order chi connectivity index (χ1) is 16.5. The quantitative estimate of drug-likeness (QED) is 0.578. The van der Waals surface area contributed by atoms with E-state index in [1.54, 1.807) is 44.2 Å². The number of carbonyl (C=O) groups is 3. The molecule has 35 heavy (non-hydrogen) atoms. The number of carbonyl (C=O) groups excluding carboxylic acids is 3. The minimum atomic E-state index is -3.89. The molecule has 1 saturated heterocycles. The summed E-state index contributed by atoms with van der Waals surface area (Å²) in [6.07, 6.45) is 0.389. The van der Waals surface area contributed by atoms with Crippen LogP contribution in [0.4, 0.5) is 17.1 Å². The monoisotopic (exact) mass is 500 g/mol. The summed E-state index contributed by atoms with van der Waals surface area (Å²) in [5.41, 5.74) is 2.09. The molecule has 2 heterocycles. The Morgan fingerprint density at radius 2 is 1.77 bits per heavy atom. The third kappa shape index (κ3) is 5.30. The number of benzene rings is 2. The van der Waals surface area contributed by atoms with Crippen molar-refractivity contribution in [2.75, 3.05) is 29.0 Å². The summed E-state index contributed by atoms with van der Waals surface area (Å²) in [6.45, 7) is 5.03. The largest absolute Gasteiger partial charge is 0.479 e. The number of anilines is 3. The molecule has 11 heteroatoms. The number of amides is 3. The van der Waals surface area contributed by atoms with E-state index in [4.69, 9.17) is 4.74 Å². The van der Waals surface area contributed by atoms with Crippen LogP contribution in [0.5, 0.6) is 5.75 Å². The molecule has 0 spiro atoms. The molecule has 2 aromatic rings. The number of ether oxygens (including phenoxy) is 1. The van der Waals surface area contributed by atoms with Gasteiger partial charge in [0, 0.05) is 37.5 Å². The standard InChI is InChI=1S/C24H28N4O6S/c1-14-11-20-21(34-15(2)23(30)27-20)12-22(14)35(32,33)28-10-4-5-17(13-28)24(31)26-19-8-6-18(7-9-19)25-16(3)29/h6-9,11-12,15,17H,4-5,10,13H2,1-3H3,(H,25,29)(H,26,31)(H,27,30). The van der Waals surface area contributed by atoms with E-state index in [-0.39, 0.29) is 29.2 Å². The van der Waals surface area contributed by atoms with E-state index in [9.17, 15) is 22.8 Å². The van der Waals surface area contributed by atoms with Crippen LogP contribution in [-0.2, 0) is 24.4 Å². The molecule has 1 fully saturated rings. The van der Waals surface area contributed by atoms with Gasteiger partial charge in [0.2, 0.25) is 21.8 Å². The van der Waals surface area contributed by atoms with Crippen molar-refractivity contribution in [3.8, 4) is 5.75 Å². The molecule has 2 unspecified atom stereocenters. The second-order valence-electron chi connectivity index (χ2n) is 8.81. The van der Waals surface area contributed by atoms with E-state index in [0.29, 0.717) is 47.8 Å². The maximum absolute atomic E-state index is 13.5. The van der Waals surface area contributed by atoms with Crippen molar-refractivity contribution in [1.82, 2.24) is 4.31 Å². The summed E-state index contributed by atoms with van der Waals surface area (Å²) in [7, 11) is -3.89. The first kappa shape index (κ1) is 24.7. The van der Waals surface area contributed by atoms with E-state index in [2.05, 4.69) is 16.0 Å². The van der Waals surface area contributed by atoms with E-state index >= 15 is 0 Å².